The summed E-state index contributed by atoms with van der Waals surface area (Å²) in [6, 6.07) is 3.26. The first-order valence-corrected chi connectivity index (χ1v) is 10.9. The van der Waals surface area contributed by atoms with Crippen molar-refractivity contribution in [2.45, 2.75) is 57.7 Å². The van der Waals surface area contributed by atoms with E-state index in [1.165, 1.54) is 12.1 Å². The standard InChI is InChI=1S/C22H28F3N5O3/c1-2-3-4-5-6-7-13-32-18-11-10-15(14-16(18)22(23,24)25)19-27-20(33-29-19)17-9-8-12-30(17)21(26)28-31/h6-7,10-11,14,17,31H,2-5,8-9,12-13H2,1H3,(H2,26,28)/b7-6+/t17-/m0/s1. The van der Waals surface area contributed by atoms with E-state index < -0.39 is 17.8 Å². The maximum absolute atomic E-state index is 13.7. The molecule has 0 bridgehead atoms. The second-order valence-electron chi connectivity index (χ2n) is 7.75. The van der Waals surface area contributed by atoms with Crippen LogP contribution in [0.1, 0.15) is 62.9 Å². The van der Waals surface area contributed by atoms with E-state index in [4.69, 9.17) is 20.2 Å². The number of halogens is 3. The molecule has 33 heavy (non-hydrogen) atoms. The average Bonchev–Trinajstić information content (AvgIpc) is 3.47. The zero-order valence-electron chi connectivity index (χ0n) is 18.4. The van der Waals surface area contributed by atoms with Crippen molar-refractivity contribution in [3.8, 4) is 17.1 Å². The lowest BCUT2D eigenvalue weighted by Gasteiger charge is -2.21. The molecule has 1 aliphatic heterocycles. The van der Waals surface area contributed by atoms with Crippen LogP contribution in [0.4, 0.5) is 13.2 Å². The molecule has 0 radical (unpaired) electrons. The highest BCUT2D eigenvalue weighted by molar-refractivity contribution is 5.78. The minimum absolute atomic E-state index is 0.0178. The molecule has 0 amide bonds. The van der Waals surface area contributed by atoms with E-state index in [0.29, 0.717) is 13.0 Å². The van der Waals surface area contributed by atoms with Crippen molar-refractivity contribution in [1.29, 1.82) is 0 Å². The van der Waals surface area contributed by atoms with Crippen molar-refractivity contribution < 1.29 is 27.6 Å². The lowest BCUT2D eigenvalue weighted by molar-refractivity contribution is -0.138. The van der Waals surface area contributed by atoms with Gasteiger partial charge in [-0.05, 0) is 43.9 Å². The molecule has 8 nitrogen and oxygen atoms in total. The van der Waals surface area contributed by atoms with Gasteiger partial charge in [0.2, 0.25) is 17.7 Å². The van der Waals surface area contributed by atoms with Gasteiger partial charge in [0.05, 0.1) is 5.56 Å². The first-order valence-electron chi connectivity index (χ1n) is 10.9. The van der Waals surface area contributed by atoms with Gasteiger partial charge >= 0.3 is 6.18 Å². The maximum atomic E-state index is 13.7. The first-order chi connectivity index (χ1) is 15.8. The van der Waals surface area contributed by atoms with Gasteiger partial charge in [-0.1, -0.05) is 42.2 Å². The Kier molecular flexibility index (Phi) is 8.18. The zero-order valence-corrected chi connectivity index (χ0v) is 18.4. The molecule has 1 saturated heterocycles. The Labute approximate surface area is 189 Å². The van der Waals surface area contributed by atoms with Crippen molar-refractivity contribution in [3.05, 3.63) is 41.8 Å². The quantitative estimate of drug-likeness (QED) is 0.132. The largest absolute Gasteiger partial charge is 0.489 e. The number of aromatic nitrogens is 2. The third kappa shape index (κ3) is 6.17. The first kappa shape index (κ1) is 24.4. The molecule has 0 unspecified atom stereocenters. The van der Waals surface area contributed by atoms with Gasteiger partial charge in [0, 0.05) is 12.1 Å². The predicted octanol–water partition coefficient (Wildman–Crippen LogP) is 5.11. The van der Waals surface area contributed by atoms with Crippen LogP contribution in [-0.4, -0.2) is 39.4 Å². The van der Waals surface area contributed by atoms with Crippen molar-refractivity contribution in [2.75, 3.05) is 13.2 Å². The molecule has 0 saturated carbocycles. The zero-order chi connectivity index (χ0) is 23.8. The van der Waals surface area contributed by atoms with E-state index >= 15 is 0 Å². The SMILES string of the molecule is CCCCC/C=C/COc1ccc(-c2noc([C@@H]3CCCN3/C(N)=N/O)n2)cc1C(F)(F)F. The molecule has 1 aliphatic rings. The monoisotopic (exact) mass is 467 g/mol. The molecule has 1 aromatic heterocycles. The Morgan fingerprint density at radius 1 is 1.36 bits per heavy atom. The highest BCUT2D eigenvalue weighted by Crippen LogP contribution is 2.39. The van der Waals surface area contributed by atoms with Gasteiger partial charge in [0.25, 0.3) is 0 Å². The summed E-state index contributed by atoms with van der Waals surface area (Å²) in [4.78, 5) is 5.86. The van der Waals surface area contributed by atoms with E-state index in [1.807, 2.05) is 6.08 Å². The summed E-state index contributed by atoms with van der Waals surface area (Å²) >= 11 is 0. The highest BCUT2D eigenvalue weighted by atomic mass is 19.4. The minimum Gasteiger partial charge on any atom is -0.489 e. The van der Waals surface area contributed by atoms with Gasteiger partial charge in [-0.2, -0.15) is 18.2 Å². The van der Waals surface area contributed by atoms with Gasteiger partial charge in [0.15, 0.2) is 0 Å². The normalized spacial score (nSPS) is 17.3. The molecule has 11 heteroatoms. The number of unbranched alkanes of at least 4 members (excludes halogenated alkanes) is 3. The van der Waals surface area contributed by atoms with Crippen LogP contribution in [0.3, 0.4) is 0 Å². The third-order valence-corrected chi connectivity index (χ3v) is 5.40. The van der Waals surface area contributed by atoms with E-state index in [9.17, 15) is 13.2 Å². The summed E-state index contributed by atoms with van der Waals surface area (Å²) in [5, 5.41) is 15.8. The Morgan fingerprint density at radius 3 is 2.91 bits per heavy atom. The Balaban J connectivity index is 1.75. The van der Waals surface area contributed by atoms with Crippen LogP contribution in [0.15, 0.2) is 40.0 Å². The summed E-state index contributed by atoms with van der Waals surface area (Å²) in [6.45, 7) is 2.69. The number of hydrogen-bond acceptors (Lipinski definition) is 6. The highest BCUT2D eigenvalue weighted by Gasteiger charge is 2.36. The van der Waals surface area contributed by atoms with Gasteiger partial charge in [-0.3, -0.25) is 0 Å². The van der Waals surface area contributed by atoms with E-state index in [2.05, 4.69) is 22.2 Å². The van der Waals surface area contributed by atoms with Crippen LogP contribution < -0.4 is 10.5 Å². The van der Waals surface area contributed by atoms with E-state index in [0.717, 1.165) is 38.2 Å². The number of ether oxygens (including phenoxy) is 1. The van der Waals surface area contributed by atoms with Crippen LogP contribution in [0, 0.1) is 0 Å². The maximum Gasteiger partial charge on any atom is 0.419 e. The van der Waals surface area contributed by atoms with Gasteiger partial charge < -0.3 is 25.1 Å². The third-order valence-electron chi connectivity index (χ3n) is 5.40. The minimum atomic E-state index is -4.61. The second-order valence-corrected chi connectivity index (χ2v) is 7.75. The number of alkyl halides is 3. The van der Waals surface area contributed by atoms with Gasteiger partial charge in [0.1, 0.15) is 18.4 Å². The molecule has 1 atom stereocenters. The lowest BCUT2D eigenvalue weighted by Crippen LogP contribution is -2.36. The van der Waals surface area contributed by atoms with Gasteiger partial charge in [-0.15, -0.1) is 0 Å². The number of rotatable bonds is 9. The number of nitrogens with zero attached hydrogens (tertiary/aromatic N) is 4. The lowest BCUT2D eigenvalue weighted by atomic mass is 10.1. The molecule has 2 aromatic rings. The number of nitrogens with two attached hydrogens (primary N) is 1. The number of guanidine groups is 1. The van der Waals surface area contributed by atoms with Crippen molar-refractivity contribution >= 4 is 5.96 Å². The fourth-order valence-electron chi connectivity index (χ4n) is 3.70. The van der Waals surface area contributed by atoms with Crippen LogP contribution in [-0.2, 0) is 6.18 Å². The molecule has 0 aliphatic carbocycles. The summed E-state index contributed by atoms with van der Waals surface area (Å²) < 4.78 is 51.7. The molecule has 1 fully saturated rings. The number of benzene rings is 1. The van der Waals surface area contributed by atoms with Crippen molar-refractivity contribution in [2.24, 2.45) is 10.9 Å². The number of hydrogen-bond donors (Lipinski definition) is 2. The van der Waals surface area contributed by atoms with E-state index in [1.54, 1.807) is 11.0 Å². The number of likely N-dealkylation sites (tertiary alicyclic amines) is 1. The summed E-state index contributed by atoms with van der Waals surface area (Å²) in [7, 11) is 0. The van der Waals surface area contributed by atoms with Crippen molar-refractivity contribution in [3.63, 3.8) is 0 Å². The topological polar surface area (TPSA) is 110 Å². The Morgan fingerprint density at radius 2 is 2.18 bits per heavy atom. The fourth-order valence-corrected chi connectivity index (χ4v) is 3.70. The predicted molar refractivity (Wildman–Crippen MR) is 116 cm³/mol. The molecule has 180 valence electrons. The fraction of sp³-hybridized carbons (Fsp3) is 0.500. The average molecular weight is 467 g/mol. The second kappa shape index (κ2) is 11.1. The molecular weight excluding hydrogens is 439 g/mol. The number of oxime groups is 1. The summed E-state index contributed by atoms with van der Waals surface area (Å²) in [6.07, 6.45) is 4.55. The Hall–Kier alpha value is -3.24. The van der Waals surface area contributed by atoms with E-state index in [-0.39, 0.29) is 35.6 Å². The molecule has 1 aromatic carbocycles. The molecule has 2 heterocycles. The molecule has 0 spiro atoms. The molecule has 3 rings (SSSR count). The van der Waals surface area contributed by atoms with Crippen LogP contribution in [0.25, 0.3) is 11.4 Å². The Bertz CT molecular complexity index is 974. The van der Waals surface area contributed by atoms with Crippen LogP contribution in [0.2, 0.25) is 0 Å². The summed E-state index contributed by atoms with van der Waals surface area (Å²) in [5.41, 5.74) is 4.92. The van der Waals surface area contributed by atoms with Crippen LogP contribution in [0.5, 0.6) is 5.75 Å². The van der Waals surface area contributed by atoms with Gasteiger partial charge in [-0.25, -0.2) is 0 Å². The smallest absolute Gasteiger partial charge is 0.419 e. The van der Waals surface area contributed by atoms with Crippen LogP contribution >= 0.6 is 0 Å². The summed E-state index contributed by atoms with van der Waals surface area (Å²) in [5.74, 6) is -0.139. The van der Waals surface area contributed by atoms with Crippen molar-refractivity contribution in [1.82, 2.24) is 15.0 Å². The molecular formula is C22H28F3N5O3. The number of allylic oxidation sites excluding steroid dienone is 1. The molecule has 3 N–H and O–H groups in total.